The first-order valence-electron chi connectivity index (χ1n) is 11.5. The summed E-state index contributed by atoms with van der Waals surface area (Å²) >= 11 is 0. The number of tetrazole rings is 1. The van der Waals surface area contributed by atoms with Crippen LogP contribution in [-0.4, -0.2) is 66.4 Å². The zero-order chi connectivity index (χ0) is 25.1. The van der Waals surface area contributed by atoms with Crippen molar-refractivity contribution in [3.05, 3.63) is 65.5 Å². The van der Waals surface area contributed by atoms with Gasteiger partial charge in [0.05, 0.1) is 25.3 Å². The van der Waals surface area contributed by atoms with Crippen molar-refractivity contribution in [1.82, 2.24) is 35.2 Å². The molecular formula is C24H25N9O3. The monoisotopic (exact) mass is 487 g/mol. The zero-order valence-electron chi connectivity index (χ0n) is 19.9. The van der Waals surface area contributed by atoms with Gasteiger partial charge in [-0.2, -0.15) is 0 Å². The number of fused-ring (bicyclic) bond motifs is 1. The first-order chi connectivity index (χ1) is 17.6. The topological polar surface area (TPSA) is 144 Å². The van der Waals surface area contributed by atoms with Gasteiger partial charge in [0.25, 0.3) is 5.91 Å². The van der Waals surface area contributed by atoms with E-state index in [2.05, 4.69) is 40.7 Å². The van der Waals surface area contributed by atoms with Gasteiger partial charge in [-0.15, -0.1) is 5.10 Å². The summed E-state index contributed by atoms with van der Waals surface area (Å²) in [5, 5.41) is 24.0. The second kappa shape index (κ2) is 10.0. The molecule has 12 nitrogen and oxygen atoms in total. The maximum absolute atomic E-state index is 13.3. The third-order valence-corrected chi connectivity index (χ3v) is 6.01. The van der Waals surface area contributed by atoms with Gasteiger partial charge in [0.2, 0.25) is 11.8 Å². The van der Waals surface area contributed by atoms with Crippen LogP contribution in [0.5, 0.6) is 5.75 Å². The van der Waals surface area contributed by atoms with Gasteiger partial charge in [0.1, 0.15) is 17.3 Å². The van der Waals surface area contributed by atoms with Crippen molar-refractivity contribution in [2.24, 2.45) is 0 Å². The van der Waals surface area contributed by atoms with Gasteiger partial charge in [0, 0.05) is 25.5 Å². The molecule has 4 aromatic rings. The molecule has 5 rings (SSSR count). The smallest absolute Gasteiger partial charge is 0.260 e. The van der Waals surface area contributed by atoms with E-state index in [1.165, 1.54) is 4.68 Å². The number of anilines is 2. The highest BCUT2D eigenvalue weighted by molar-refractivity contribution is 6.06. The largest absolute Gasteiger partial charge is 0.496 e. The van der Waals surface area contributed by atoms with Crippen LogP contribution in [0.1, 0.15) is 34.5 Å². The zero-order valence-corrected chi connectivity index (χ0v) is 19.9. The Morgan fingerprint density at radius 2 is 2.03 bits per heavy atom. The third-order valence-electron chi connectivity index (χ3n) is 6.01. The van der Waals surface area contributed by atoms with Gasteiger partial charge in [-0.3, -0.25) is 4.79 Å². The number of ether oxygens (including phenoxy) is 1. The molecule has 1 aromatic carbocycles. The molecule has 1 aliphatic rings. The van der Waals surface area contributed by atoms with Crippen LogP contribution in [0.3, 0.4) is 0 Å². The lowest BCUT2D eigenvalue weighted by molar-refractivity contribution is 0.102. The molecule has 12 heteroatoms. The number of hydrogen-bond donors (Lipinski definition) is 2. The number of aliphatic hydroxyl groups is 1. The summed E-state index contributed by atoms with van der Waals surface area (Å²) in [4.78, 5) is 28.6. The Morgan fingerprint density at radius 1 is 1.19 bits per heavy atom. The number of aliphatic hydroxyl groups excluding tert-OH is 1. The Hall–Kier alpha value is -4.45. The lowest BCUT2D eigenvalue weighted by Gasteiger charge is -2.29. The predicted molar refractivity (Wildman–Crippen MR) is 131 cm³/mol. The van der Waals surface area contributed by atoms with Crippen molar-refractivity contribution in [3.63, 3.8) is 0 Å². The van der Waals surface area contributed by atoms with Crippen LogP contribution in [0.4, 0.5) is 11.8 Å². The molecule has 0 spiro atoms. The Labute approximate surface area is 207 Å². The fourth-order valence-electron chi connectivity index (χ4n) is 4.11. The first kappa shape index (κ1) is 23.3. The molecule has 2 N–H and O–H groups in total. The molecule has 3 aromatic heterocycles. The molecule has 36 heavy (non-hydrogen) atoms. The van der Waals surface area contributed by atoms with E-state index in [1.807, 2.05) is 12.1 Å². The quantitative estimate of drug-likeness (QED) is 0.396. The van der Waals surface area contributed by atoms with E-state index in [4.69, 9.17) is 4.74 Å². The molecule has 4 heterocycles. The summed E-state index contributed by atoms with van der Waals surface area (Å²) in [6, 6.07) is 10.4. The average molecular weight is 488 g/mol. The Balaban J connectivity index is 1.40. The van der Waals surface area contributed by atoms with Gasteiger partial charge in [-0.25, -0.2) is 19.6 Å². The van der Waals surface area contributed by atoms with Gasteiger partial charge in [0.15, 0.2) is 0 Å². The van der Waals surface area contributed by atoms with Gasteiger partial charge in [-0.05, 0) is 65.2 Å². The highest BCUT2D eigenvalue weighted by atomic mass is 16.5. The van der Waals surface area contributed by atoms with Crippen molar-refractivity contribution in [2.45, 2.75) is 25.9 Å². The van der Waals surface area contributed by atoms with E-state index in [0.717, 1.165) is 24.1 Å². The van der Waals surface area contributed by atoms with E-state index in [0.29, 0.717) is 41.1 Å². The number of aromatic nitrogens is 7. The Kier molecular flexibility index (Phi) is 6.50. The number of carbonyl (C=O) groups excluding carboxylic acids is 1. The summed E-state index contributed by atoms with van der Waals surface area (Å²) in [7, 11) is 1.55. The molecule has 184 valence electrons. The maximum Gasteiger partial charge on any atom is 0.260 e. The summed E-state index contributed by atoms with van der Waals surface area (Å²) in [5.41, 5.74) is 3.01. The fraction of sp³-hybridized carbons (Fsp3) is 0.292. The molecule has 0 unspecified atom stereocenters. The highest BCUT2D eigenvalue weighted by Gasteiger charge is 2.23. The maximum atomic E-state index is 13.3. The number of nitrogens with zero attached hydrogens (tertiary/aromatic N) is 8. The van der Waals surface area contributed by atoms with E-state index < -0.39 is 0 Å². The standard InChI is InChI=1S/C24H25N9O3/c1-15(14-34)33-22(29-30-31-33)19-5-3-6-21(27-19)28-23(35)18-11-17-13-32(24-25-8-4-9-26-24)10-7-16(17)12-20(18)36-2/h3-6,8-9,11-12,15,34H,7,10,13-14H2,1-2H3,(H,27,28,35)/t15-/m1/s1. The van der Waals surface area contributed by atoms with E-state index in [1.54, 1.807) is 50.7 Å². The molecule has 0 bridgehead atoms. The Morgan fingerprint density at radius 3 is 2.81 bits per heavy atom. The molecule has 1 amide bonds. The molecular weight excluding hydrogens is 462 g/mol. The molecule has 0 aliphatic carbocycles. The van der Waals surface area contributed by atoms with Gasteiger partial charge >= 0.3 is 0 Å². The number of carbonyl (C=O) groups is 1. The number of amides is 1. The number of nitrogens with one attached hydrogen (secondary N) is 1. The van der Waals surface area contributed by atoms with E-state index in [9.17, 15) is 9.90 Å². The molecule has 0 fully saturated rings. The predicted octanol–water partition coefficient (Wildman–Crippen LogP) is 1.90. The minimum atomic E-state index is -0.351. The van der Waals surface area contributed by atoms with Crippen LogP contribution in [0.25, 0.3) is 11.5 Å². The number of pyridine rings is 1. The second-order valence-corrected chi connectivity index (χ2v) is 8.38. The number of hydrogen-bond acceptors (Lipinski definition) is 10. The van der Waals surface area contributed by atoms with Crippen molar-refractivity contribution in [3.8, 4) is 17.3 Å². The van der Waals surface area contributed by atoms with E-state index >= 15 is 0 Å². The lowest BCUT2D eigenvalue weighted by atomic mass is 9.96. The summed E-state index contributed by atoms with van der Waals surface area (Å²) < 4.78 is 7.03. The number of methoxy groups -OCH3 is 1. The number of benzene rings is 1. The fourth-order valence-corrected chi connectivity index (χ4v) is 4.11. The first-order valence-corrected chi connectivity index (χ1v) is 11.5. The van der Waals surface area contributed by atoms with Crippen molar-refractivity contribution >= 4 is 17.7 Å². The van der Waals surface area contributed by atoms with Crippen LogP contribution in [-0.2, 0) is 13.0 Å². The second-order valence-electron chi connectivity index (χ2n) is 8.38. The van der Waals surface area contributed by atoms with Crippen LogP contribution < -0.4 is 15.0 Å². The summed E-state index contributed by atoms with van der Waals surface area (Å²) in [6.07, 6.45) is 4.22. The van der Waals surface area contributed by atoms with Crippen molar-refractivity contribution < 1.29 is 14.6 Å². The van der Waals surface area contributed by atoms with Gasteiger partial charge in [-0.1, -0.05) is 6.07 Å². The molecule has 1 aliphatic heterocycles. The average Bonchev–Trinajstić information content (AvgIpc) is 3.42. The molecule has 0 radical (unpaired) electrons. The SMILES string of the molecule is COc1cc2c(cc1C(=O)Nc1cccc(-c3nnnn3[C@H](C)CO)n1)CN(c1ncccn1)CC2. The van der Waals surface area contributed by atoms with Crippen molar-refractivity contribution in [2.75, 3.05) is 30.5 Å². The normalized spacial score (nSPS) is 13.7. The Bertz CT molecular complexity index is 1380. The molecule has 0 saturated carbocycles. The lowest BCUT2D eigenvalue weighted by Crippen LogP contribution is -2.32. The number of rotatable bonds is 7. The van der Waals surface area contributed by atoms with Gasteiger partial charge < -0.3 is 20.1 Å². The summed E-state index contributed by atoms with van der Waals surface area (Å²) in [6.45, 7) is 3.03. The molecule has 1 atom stereocenters. The third kappa shape index (κ3) is 4.58. The van der Waals surface area contributed by atoms with Crippen LogP contribution in [0.2, 0.25) is 0 Å². The summed E-state index contributed by atoms with van der Waals surface area (Å²) in [5.74, 6) is 1.53. The van der Waals surface area contributed by atoms with Crippen molar-refractivity contribution in [1.29, 1.82) is 0 Å². The van der Waals surface area contributed by atoms with Crippen LogP contribution in [0, 0.1) is 0 Å². The van der Waals surface area contributed by atoms with Crippen LogP contribution >= 0.6 is 0 Å². The van der Waals surface area contributed by atoms with E-state index in [-0.39, 0.29) is 18.6 Å². The highest BCUT2D eigenvalue weighted by Crippen LogP contribution is 2.30. The minimum absolute atomic E-state index is 0.125. The minimum Gasteiger partial charge on any atom is -0.496 e. The van der Waals surface area contributed by atoms with Crippen LogP contribution in [0.15, 0.2) is 48.8 Å². The molecule has 0 saturated heterocycles.